The van der Waals surface area contributed by atoms with Gasteiger partial charge < -0.3 is 10.1 Å². The summed E-state index contributed by atoms with van der Waals surface area (Å²) in [6, 6.07) is 10.9. The van der Waals surface area contributed by atoms with Crippen LogP contribution in [0.5, 0.6) is 5.75 Å². The molecular formula is C17H19ClFNO. The van der Waals surface area contributed by atoms with Crippen LogP contribution in [0.4, 0.5) is 4.39 Å². The first-order valence-electron chi connectivity index (χ1n) is 6.81. The molecule has 0 fully saturated rings. The van der Waals surface area contributed by atoms with E-state index in [1.54, 1.807) is 25.3 Å². The molecule has 0 radical (unpaired) electrons. The Balaban J connectivity index is 2.35. The van der Waals surface area contributed by atoms with Gasteiger partial charge in [0.15, 0.2) is 0 Å². The predicted molar refractivity (Wildman–Crippen MR) is 84.6 cm³/mol. The topological polar surface area (TPSA) is 21.3 Å². The van der Waals surface area contributed by atoms with E-state index in [9.17, 15) is 4.39 Å². The zero-order valence-electron chi connectivity index (χ0n) is 12.4. The third-order valence-corrected chi connectivity index (χ3v) is 3.86. The van der Waals surface area contributed by atoms with Crippen molar-refractivity contribution >= 4 is 11.6 Å². The lowest BCUT2D eigenvalue weighted by atomic mass is 9.97. The van der Waals surface area contributed by atoms with E-state index in [0.717, 1.165) is 16.9 Å². The van der Waals surface area contributed by atoms with Crippen LogP contribution in [-0.2, 0) is 6.42 Å². The number of nitrogens with one attached hydrogen (secondary N) is 1. The van der Waals surface area contributed by atoms with Crippen molar-refractivity contribution in [1.29, 1.82) is 0 Å². The average molecular weight is 308 g/mol. The molecule has 1 unspecified atom stereocenters. The summed E-state index contributed by atoms with van der Waals surface area (Å²) in [5.74, 6) is 0.438. The molecule has 0 aliphatic rings. The second-order valence-corrected chi connectivity index (χ2v) is 5.41. The van der Waals surface area contributed by atoms with Gasteiger partial charge in [-0.15, -0.1) is 0 Å². The minimum atomic E-state index is -0.370. The van der Waals surface area contributed by atoms with E-state index in [4.69, 9.17) is 16.3 Å². The maximum atomic E-state index is 14.2. The Bertz CT molecular complexity index is 630. The Labute approximate surface area is 129 Å². The molecule has 2 rings (SSSR count). The molecule has 0 bridgehead atoms. The molecular weight excluding hydrogens is 289 g/mol. The third kappa shape index (κ3) is 3.55. The van der Waals surface area contributed by atoms with Crippen molar-refractivity contribution in [2.24, 2.45) is 0 Å². The lowest BCUT2D eigenvalue weighted by Crippen LogP contribution is -2.20. The number of ether oxygens (including phenoxy) is 1. The van der Waals surface area contributed by atoms with Crippen LogP contribution < -0.4 is 10.1 Å². The predicted octanol–water partition coefficient (Wildman–Crippen LogP) is 4.30. The smallest absolute Gasteiger partial charge is 0.146 e. The normalized spacial score (nSPS) is 12.2. The maximum absolute atomic E-state index is 14.2. The largest absolute Gasteiger partial charge is 0.496 e. The van der Waals surface area contributed by atoms with Gasteiger partial charge in [-0.25, -0.2) is 4.39 Å². The molecule has 112 valence electrons. The molecule has 0 aliphatic heterocycles. The van der Waals surface area contributed by atoms with Gasteiger partial charge in [0.2, 0.25) is 0 Å². The number of likely N-dealkylation sites (N-methyl/N-ethyl adjacent to an activating group) is 1. The van der Waals surface area contributed by atoms with Gasteiger partial charge in [-0.05, 0) is 38.1 Å². The number of hydrogen-bond acceptors (Lipinski definition) is 2. The van der Waals surface area contributed by atoms with Crippen LogP contribution >= 0.6 is 11.6 Å². The van der Waals surface area contributed by atoms with Gasteiger partial charge in [-0.1, -0.05) is 41.4 Å². The van der Waals surface area contributed by atoms with Gasteiger partial charge in [0.05, 0.1) is 12.1 Å². The SMILES string of the molecule is CNC(Cc1cc(C)ccc1OC)c1cccc(Cl)c1F. The van der Waals surface area contributed by atoms with Crippen molar-refractivity contribution in [1.82, 2.24) is 5.32 Å². The molecule has 21 heavy (non-hydrogen) atoms. The summed E-state index contributed by atoms with van der Waals surface area (Å²) in [5.41, 5.74) is 2.75. The molecule has 0 aromatic heterocycles. The monoisotopic (exact) mass is 307 g/mol. The van der Waals surface area contributed by atoms with Gasteiger partial charge in [0, 0.05) is 11.6 Å². The summed E-state index contributed by atoms with van der Waals surface area (Å²) < 4.78 is 19.6. The van der Waals surface area contributed by atoms with Gasteiger partial charge >= 0.3 is 0 Å². The van der Waals surface area contributed by atoms with E-state index in [-0.39, 0.29) is 16.9 Å². The van der Waals surface area contributed by atoms with Crippen LogP contribution in [0.2, 0.25) is 5.02 Å². The summed E-state index contributed by atoms with van der Waals surface area (Å²) in [4.78, 5) is 0. The molecule has 0 saturated carbocycles. The fraction of sp³-hybridized carbons (Fsp3) is 0.294. The van der Waals surface area contributed by atoms with E-state index in [2.05, 4.69) is 11.4 Å². The highest BCUT2D eigenvalue weighted by atomic mass is 35.5. The summed E-state index contributed by atoms with van der Waals surface area (Å²) in [5, 5.41) is 3.29. The Morgan fingerprint density at radius 1 is 1.29 bits per heavy atom. The van der Waals surface area contributed by atoms with Crippen LogP contribution in [0.25, 0.3) is 0 Å². The molecule has 2 aromatic rings. The molecule has 0 heterocycles. The van der Waals surface area contributed by atoms with E-state index in [1.165, 1.54) is 0 Å². The van der Waals surface area contributed by atoms with Crippen molar-refractivity contribution in [3.8, 4) is 5.75 Å². The molecule has 2 aromatic carbocycles. The van der Waals surface area contributed by atoms with Crippen molar-refractivity contribution in [2.75, 3.05) is 14.2 Å². The average Bonchev–Trinajstić information content (AvgIpc) is 2.48. The van der Waals surface area contributed by atoms with Crippen molar-refractivity contribution in [3.05, 3.63) is 63.9 Å². The molecule has 1 atom stereocenters. The molecule has 0 aliphatic carbocycles. The lowest BCUT2D eigenvalue weighted by Gasteiger charge is -2.19. The number of methoxy groups -OCH3 is 1. The number of aryl methyl sites for hydroxylation is 1. The van der Waals surface area contributed by atoms with Crippen molar-refractivity contribution in [2.45, 2.75) is 19.4 Å². The summed E-state index contributed by atoms with van der Waals surface area (Å²) in [6.07, 6.45) is 0.624. The van der Waals surface area contributed by atoms with E-state index >= 15 is 0 Å². The van der Waals surface area contributed by atoms with Crippen LogP contribution in [0.15, 0.2) is 36.4 Å². The molecule has 4 heteroatoms. The van der Waals surface area contributed by atoms with Gasteiger partial charge in [-0.2, -0.15) is 0 Å². The number of rotatable bonds is 5. The highest BCUT2D eigenvalue weighted by Crippen LogP contribution is 2.29. The number of halogens is 2. The summed E-state index contributed by atoms with van der Waals surface area (Å²) in [6.45, 7) is 2.03. The Kier molecular flexibility index (Phi) is 5.21. The van der Waals surface area contributed by atoms with Crippen LogP contribution in [0, 0.1) is 12.7 Å². The third-order valence-electron chi connectivity index (χ3n) is 3.57. The van der Waals surface area contributed by atoms with Gasteiger partial charge in [0.1, 0.15) is 11.6 Å². The number of hydrogen-bond donors (Lipinski definition) is 1. The zero-order chi connectivity index (χ0) is 15.4. The molecule has 0 spiro atoms. The minimum Gasteiger partial charge on any atom is -0.496 e. The van der Waals surface area contributed by atoms with E-state index in [0.29, 0.717) is 12.0 Å². The van der Waals surface area contributed by atoms with Crippen molar-refractivity contribution in [3.63, 3.8) is 0 Å². The molecule has 2 nitrogen and oxygen atoms in total. The highest BCUT2D eigenvalue weighted by Gasteiger charge is 2.18. The summed E-state index contributed by atoms with van der Waals surface area (Å²) >= 11 is 5.87. The summed E-state index contributed by atoms with van der Waals surface area (Å²) in [7, 11) is 3.45. The first-order chi connectivity index (χ1) is 10.1. The van der Waals surface area contributed by atoms with Crippen molar-refractivity contribution < 1.29 is 9.13 Å². The van der Waals surface area contributed by atoms with Crippen LogP contribution in [0.3, 0.4) is 0 Å². The first-order valence-corrected chi connectivity index (χ1v) is 7.19. The maximum Gasteiger partial charge on any atom is 0.146 e. The molecule has 0 amide bonds. The standard InChI is InChI=1S/C17H19ClFNO/c1-11-7-8-16(21-3)12(9-11)10-15(20-2)13-5-4-6-14(18)17(13)19/h4-9,15,20H,10H2,1-3H3. The second kappa shape index (κ2) is 6.92. The zero-order valence-corrected chi connectivity index (χ0v) is 13.2. The Hall–Kier alpha value is -1.58. The first kappa shape index (κ1) is 15.8. The van der Waals surface area contributed by atoms with E-state index < -0.39 is 0 Å². The highest BCUT2D eigenvalue weighted by molar-refractivity contribution is 6.30. The molecule has 0 saturated heterocycles. The minimum absolute atomic E-state index is 0.143. The fourth-order valence-corrected chi connectivity index (χ4v) is 2.63. The van der Waals surface area contributed by atoms with Gasteiger partial charge in [-0.3, -0.25) is 0 Å². The molecule has 1 N–H and O–H groups in total. The Morgan fingerprint density at radius 2 is 2.05 bits per heavy atom. The quantitative estimate of drug-likeness (QED) is 0.889. The van der Waals surface area contributed by atoms with E-state index in [1.807, 2.05) is 26.1 Å². The number of benzene rings is 2. The fourth-order valence-electron chi connectivity index (χ4n) is 2.44. The van der Waals surface area contributed by atoms with Gasteiger partial charge in [0.25, 0.3) is 0 Å². The van der Waals surface area contributed by atoms with Crippen LogP contribution in [0.1, 0.15) is 22.7 Å². The lowest BCUT2D eigenvalue weighted by molar-refractivity contribution is 0.405. The van der Waals surface area contributed by atoms with Crippen LogP contribution in [-0.4, -0.2) is 14.2 Å². The second-order valence-electron chi connectivity index (χ2n) is 5.00. The Morgan fingerprint density at radius 3 is 2.71 bits per heavy atom.